The number of hydrogen-bond acceptors (Lipinski definition) is 4. The van der Waals surface area contributed by atoms with Crippen molar-refractivity contribution >= 4 is 0 Å². The molecular weight excluding hydrogens is 509 g/mol. The summed E-state index contributed by atoms with van der Waals surface area (Å²) in [6.07, 6.45) is 0. The molecule has 1 aromatic carbocycles. The molecule has 2 N–H and O–H groups in total. The first-order valence-electron chi connectivity index (χ1n) is 7.18. The second-order valence-corrected chi connectivity index (χ2v) is 5.06. The van der Waals surface area contributed by atoms with Crippen molar-refractivity contribution in [2.24, 2.45) is 0 Å². The summed E-state index contributed by atoms with van der Waals surface area (Å²) in [6, 6.07) is 13.0. The van der Waals surface area contributed by atoms with Gasteiger partial charge in [0.25, 0.3) is 0 Å². The number of nitrogens with zero attached hydrogens (tertiary/aromatic N) is 2. The van der Waals surface area contributed by atoms with Gasteiger partial charge >= 0.3 is 0 Å². The minimum absolute atomic E-state index is 0. The molecule has 2 heterocycles. The van der Waals surface area contributed by atoms with Gasteiger partial charge in [-0.2, -0.15) is 0 Å². The second kappa shape index (κ2) is 8.38. The normalized spacial score (nSPS) is 10.4. The van der Waals surface area contributed by atoms with Gasteiger partial charge in [0.1, 0.15) is 0 Å². The van der Waals surface area contributed by atoms with E-state index in [1.807, 2.05) is 0 Å². The van der Waals surface area contributed by atoms with Crippen LogP contribution < -0.4 is 0 Å². The van der Waals surface area contributed by atoms with Crippen molar-refractivity contribution in [2.75, 3.05) is 0 Å². The fraction of sp³-hybridized carbons (Fsp3) is 0.111. The van der Waals surface area contributed by atoms with Crippen molar-refractivity contribution in [2.45, 2.75) is 13.2 Å². The average molecular weight is 522 g/mol. The average Bonchev–Trinajstić information content (AvgIpc) is 2.62. The smallest absolute Gasteiger partial charge is 0.0845 e. The van der Waals surface area contributed by atoms with Gasteiger partial charge in [0.2, 0.25) is 0 Å². The fourth-order valence-electron chi connectivity index (χ4n) is 2.29. The van der Waals surface area contributed by atoms with Crippen LogP contribution in [0.2, 0.25) is 0 Å². The van der Waals surface area contributed by atoms with E-state index in [0.29, 0.717) is 11.4 Å². The molecule has 4 nitrogen and oxygen atoms in total. The van der Waals surface area contributed by atoms with E-state index >= 15 is 0 Å². The van der Waals surface area contributed by atoms with Crippen LogP contribution in [0.5, 0.6) is 0 Å². The van der Waals surface area contributed by atoms with Crippen molar-refractivity contribution in [1.82, 2.24) is 9.97 Å². The number of benzene rings is 1. The number of aliphatic hydroxyl groups is 2. The van der Waals surface area contributed by atoms with Gasteiger partial charge in [0.05, 0.1) is 36.2 Å². The number of aromatic nitrogens is 2. The Morgan fingerprint density at radius 1 is 0.800 bits per heavy atom. The number of halogens is 2. The maximum atomic E-state index is 14.2. The van der Waals surface area contributed by atoms with Crippen molar-refractivity contribution in [3.63, 3.8) is 0 Å². The van der Waals surface area contributed by atoms with Crippen LogP contribution in [0.4, 0.5) is 8.78 Å². The molecule has 25 heavy (non-hydrogen) atoms. The van der Waals surface area contributed by atoms with E-state index in [-0.39, 0.29) is 56.8 Å². The Hall–Kier alpha value is -2.01. The van der Waals surface area contributed by atoms with Gasteiger partial charge < -0.3 is 10.2 Å². The van der Waals surface area contributed by atoms with E-state index in [4.69, 9.17) is 10.2 Å². The summed E-state index contributed by atoms with van der Waals surface area (Å²) in [5.41, 5.74) is 1.17. The molecule has 0 saturated carbocycles. The van der Waals surface area contributed by atoms with Crippen LogP contribution in [0.1, 0.15) is 11.4 Å². The maximum absolute atomic E-state index is 14.2. The van der Waals surface area contributed by atoms with Crippen LogP contribution in [0.3, 0.4) is 0 Å². The van der Waals surface area contributed by atoms with Gasteiger partial charge in [-0.3, -0.25) is 18.7 Å². The molecule has 0 aliphatic carbocycles. The molecule has 0 saturated heterocycles. The van der Waals surface area contributed by atoms with Gasteiger partial charge in [0, 0.05) is 32.5 Å². The molecule has 0 radical (unpaired) electrons. The molecule has 3 rings (SSSR count). The van der Waals surface area contributed by atoms with Crippen LogP contribution in [0.15, 0.2) is 42.5 Å². The van der Waals surface area contributed by atoms with E-state index < -0.39 is 11.6 Å². The third-order valence-electron chi connectivity index (χ3n) is 3.43. The molecule has 3 aromatic rings. The zero-order valence-corrected chi connectivity index (χ0v) is 15.1. The molecule has 0 atom stereocenters. The van der Waals surface area contributed by atoms with Crippen LogP contribution >= 0.6 is 0 Å². The van der Waals surface area contributed by atoms with Crippen molar-refractivity contribution in [1.29, 1.82) is 0 Å². The zero-order chi connectivity index (χ0) is 17.1. The van der Waals surface area contributed by atoms with Gasteiger partial charge in [-0.1, -0.05) is 41.5 Å². The molecule has 0 unspecified atom stereocenters. The second-order valence-electron chi connectivity index (χ2n) is 5.06. The standard InChI is InChI=1S/C18H13F2N2O2.Pt/c19-15-8-16(20)14(18-6-2-4-12(10-24)22-18)7-13(15)17-5-1-3-11(9-23)21-17;/h1-6,8,23-24H,9-10H2;/q-1;. The van der Waals surface area contributed by atoms with Crippen LogP contribution in [-0.4, -0.2) is 20.2 Å². The van der Waals surface area contributed by atoms with Gasteiger partial charge in [-0.05, 0) is 12.1 Å². The molecule has 0 amide bonds. The Balaban J connectivity index is 0.00000225. The van der Waals surface area contributed by atoms with E-state index in [0.717, 1.165) is 6.07 Å². The van der Waals surface area contributed by atoms with Crippen LogP contribution in [0.25, 0.3) is 22.5 Å². The molecule has 0 spiro atoms. The quantitative estimate of drug-likeness (QED) is 0.518. The minimum atomic E-state index is -0.808. The van der Waals surface area contributed by atoms with Crippen LogP contribution in [0, 0.1) is 17.7 Å². The Kier molecular flexibility index (Phi) is 6.48. The first-order valence-corrected chi connectivity index (χ1v) is 7.18. The summed E-state index contributed by atoms with van der Waals surface area (Å²) in [5, 5.41) is 18.3. The topological polar surface area (TPSA) is 66.2 Å². The number of rotatable bonds is 4. The third kappa shape index (κ3) is 4.15. The molecule has 132 valence electrons. The van der Waals surface area contributed by atoms with Gasteiger partial charge in [0.15, 0.2) is 0 Å². The largest absolute Gasteiger partial charge is 0.390 e. The summed E-state index contributed by atoms with van der Waals surface area (Å²) < 4.78 is 28.4. The first-order chi connectivity index (χ1) is 11.6. The van der Waals surface area contributed by atoms with Crippen LogP contribution in [-0.2, 0) is 34.3 Å². The summed E-state index contributed by atoms with van der Waals surface area (Å²) >= 11 is 0. The Morgan fingerprint density at radius 3 is 1.64 bits per heavy atom. The minimum Gasteiger partial charge on any atom is -0.390 e. The monoisotopic (exact) mass is 522 g/mol. The molecule has 0 bridgehead atoms. The fourth-order valence-corrected chi connectivity index (χ4v) is 2.29. The molecule has 7 heteroatoms. The Morgan fingerprint density at radius 2 is 1.24 bits per heavy atom. The maximum Gasteiger partial charge on any atom is 0.0845 e. The SMILES string of the molecule is OCc1cccc(-c2[c-]c(-c3cccc(CO)n3)c(F)cc2F)n1.[Pt]. The summed E-state index contributed by atoms with van der Waals surface area (Å²) in [7, 11) is 0. The Bertz CT molecular complexity index is 822. The van der Waals surface area contributed by atoms with Crippen molar-refractivity contribution in [3.8, 4) is 22.5 Å². The van der Waals surface area contributed by atoms with E-state index in [1.54, 1.807) is 36.4 Å². The van der Waals surface area contributed by atoms with Gasteiger partial charge in [-0.15, -0.1) is 6.07 Å². The van der Waals surface area contributed by atoms with Crippen molar-refractivity contribution < 1.29 is 40.1 Å². The zero-order valence-electron chi connectivity index (χ0n) is 12.8. The molecule has 0 fully saturated rings. The molecule has 2 aromatic heterocycles. The Labute approximate surface area is 157 Å². The van der Waals surface area contributed by atoms with Crippen molar-refractivity contribution in [3.05, 3.63) is 71.6 Å². The number of hydrogen-bond donors (Lipinski definition) is 2. The number of pyridine rings is 2. The molecule has 0 aliphatic rings. The van der Waals surface area contributed by atoms with E-state index in [2.05, 4.69) is 16.0 Å². The van der Waals surface area contributed by atoms with E-state index in [1.165, 1.54) is 0 Å². The predicted molar refractivity (Wildman–Crippen MR) is 83.5 cm³/mol. The molecule has 0 aliphatic heterocycles. The molecular formula is C18H13F2N2O2Pt-. The predicted octanol–water partition coefficient (Wildman–Crippen LogP) is 2.87. The first kappa shape index (κ1) is 19.3. The summed E-state index contributed by atoms with van der Waals surface area (Å²) in [4.78, 5) is 8.23. The van der Waals surface area contributed by atoms with Gasteiger partial charge in [-0.25, -0.2) is 0 Å². The third-order valence-corrected chi connectivity index (χ3v) is 3.43. The summed E-state index contributed by atoms with van der Waals surface area (Å²) in [5.74, 6) is -1.62. The summed E-state index contributed by atoms with van der Waals surface area (Å²) in [6.45, 7) is -0.576. The van der Waals surface area contributed by atoms with E-state index in [9.17, 15) is 8.78 Å². The number of aliphatic hydroxyl groups excluding tert-OH is 2.